The lowest BCUT2D eigenvalue weighted by Crippen LogP contribution is -2.47. The van der Waals surface area contributed by atoms with E-state index in [4.69, 9.17) is 4.84 Å². The van der Waals surface area contributed by atoms with Crippen molar-refractivity contribution in [2.24, 2.45) is 0 Å². The van der Waals surface area contributed by atoms with Gasteiger partial charge < -0.3 is 4.79 Å². The van der Waals surface area contributed by atoms with Crippen LogP contribution in [0.25, 0.3) is 0 Å². The Kier molecular flexibility index (Phi) is 4.11. The van der Waals surface area contributed by atoms with Gasteiger partial charge in [0.2, 0.25) is 6.54 Å². The lowest BCUT2D eigenvalue weighted by atomic mass is 10.1. The summed E-state index contributed by atoms with van der Waals surface area (Å²) >= 11 is 0. The van der Waals surface area contributed by atoms with Crippen LogP contribution in [0.2, 0.25) is 0 Å². The van der Waals surface area contributed by atoms with Gasteiger partial charge in [-0.25, -0.2) is 5.06 Å². The number of nitro groups is 1. The zero-order valence-electron chi connectivity index (χ0n) is 10.7. The molecule has 0 spiro atoms. The van der Waals surface area contributed by atoms with E-state index < -0.39 is 6.10 Å². The summed E-state index contributed by atoms with van der Waals surface area (Å²) in [5.74, 6) is 0. The molecular weight excluding hydrogens is 248 g/mol. The minimum Gasteiger partial charge on any atom is -0.300 e. The van der Waals surface area contributed by atoms with Crippen molar-refractivity contribution in [1.82, 2.24) is 0 Å². The summed E-state index contributed by atoms with van der Waals surface area (Å²) < 4.78 is 0. The quantitative estimate of drug-likeness (QED) is 0.470. The maximum absolute atomic E-state index is 10.8. The van der Waals surface area contributed by atoms with Gasteiger partial charge in [-0.05, 0) is 31.9 Å². The summed E-state index contributed by atoms with van der Waals surface area (Å²) in [5, 5.41) is 12.2. The van der Waals surface area contributed by atoms with Crippen LogP contribution in [0.15, 0.2) is 24.3 Å². The molecule has 0 radical (unpaired) electrons. The molecule has 0 saturated carbocycles. The number of carbonyl (C=O) groups excluding carboxylic acids is 1. The number of benzene rings is 1. The van der Waals surface area contributed by atoms with Crippen LogP contribution in [-0.4, -0.2) is 29.9 Å². The first-order chi connectivity index (χ1) is 9.10. The van der Waals surface area contributed by atoms with E-state index in [2.05, 4.69) is 0 Å². The van der Waals surface area contributed by atoms with E-state index in [-0.39, 0.29) is 17.5 Å². The third kappa shape index (κ3) is 3.29. The van der Waals surface area contributed by atoms with Gasteiger partial charge in [-0.2, -0.15) is 0 Å². The van der Waals surface area contributed by atoms with Crippen molar-refractivity contribution in [2.45, 2.75) is 31.9 Å². The number of hydrogen-bond acceptors (Lipinski definition) is 5. The fourth-order valence-electron chi connectivity index (χ4n) is 2.15. The molecule has 19 heavy (non-hydrogen) atoms. The van der Waals surface area contributed by atoms with E-state index in [0.29, 0.717) is 12.8 Å². The molecule has 2 atom stereocenters. The molecule has 2 rings (SSSR count). The van der Waals surface area contributed by atoms with Crippen LogP contribution in [0.5, 0.6) is 0 Å². The maximum Gasteiger partial charge on any atom is 0.226 e. The fourth-order valence-corrected chi connectivity index (χ4v) is 2.15. The molecule has 0 amide bonds. The minimum absolute atomic E-state index is 0.195. The Morgan fingerprint density at radius 2 is 2.11 bits per heavy atom. The Hall–Kier alpha value is -1.95. The first-order valence-corrected chi connectivity index (χ1v) is 6.20. The smallest absolute Gasteiger partial charge is 0.226 e. The van der Waals surface area contributed by atoms with Crippen LogP contribution in [-0.2, 0) is 9.63 Å². The van der Waals surface area contributed by atoms with Crippen LogP contribution in [0.4, 0.5) is 5.69 Å². The highest BCUT2D eigenvalue weighted by Gasteiger charge is 2.32. The van der Waals surface area contributed by atoms with Gasteiger partial charge in [0.1, 0.15) is 12.1 Å². The minimum atomic E-state index is -0.524. The summed E-state index contributed by atoms with van der Waals surface area (Å²) in [5.41, 5.74) is 1.84. The predicted octanol–water partition coefficient (Wildman–Crippen LogP) is 1.74. The van der Waals surface area contributed by atoms with Crippen molar-refractivity contribution in [2.75, 3.05) is 11.6 Å². The molecule has 6 nitrogen and oxygen atoms in total. The van der Waals surface area contributed by atoms with Crippen LogP contribution < -0.4 is 5.06 Å². The summed E-state index contributed by atoms with van der Waals surface area (Å²) in [7, 11) is 0. The number of aldehydes is 1. The molecule has 0 aliphatic carbocycles. The molecule has 102 valence electrons. The molecule has 1 aromatic carbocycles. The molecule has 6 heteroatoms. The Labute approximate surface area is 111 Å². The summed E-state index contributed by atoms with van der Waals surface area (Å²) in [6.07, 6.45) is 1.30. The van der Waals surface area contributed by atoms with Gasteiger partial charge in [0.25, 0.3) is 0 Å². The molecule has 0 unspecified atom stereocenters. The number of aryl methyl sites for hydroxylation is 1. The average Bonchev–Trinajstić information content (AvgIpc) is 2.40. The second-order valence-corrected chi connectivity index (χ2v) is 4.69. The topological polar surface area (TPSA) is 72.7 Å². The van der Waals surface area contributed by atoms with Crippen molar-refractivity contribution >= 4 is 12.0 Å². The van der Waals surface area contributed by atoms with E-state index in [0.717, 1.165) is 17.5 Å². The normalized spacial score (nSPS) is 23.1. The second-order valence-electron chi connectivity index (χ2n) is 4.69. The Bertz CT molecular complexity index is 460. The van der Waals surface area contributed by atoms with E-state index in [9.17, 15) is 14.9 Å². The van der Waals surface area contributed by atoms with Crippen LogP contribution in [0.1, 0.15) is 18.4 Å². The largest absolute Gasteiger partial charge is 0.300 e. The second kappa shape index (κ2) is 5.79. The highest BCUT2D eigenvalue weighted by molar-refractivity contribution is 5.57. The van der Waals surface area contributed by atoms with E-state index in [1.807, 2.05) is 31.2 Å². The first kappa shape index (κ1) is 13.5. The molecule has 0 bridgehead atoms. The Morgan fingerprint density at radius 3 is 2.68 bits per heavy atom. The Balaban J connectivity index is 2.21. The third-order valence-corrected chi connectivity index (χ3v) is 3.17. The van der Waals surface area contributed by atoms with Crippen molar-refractivity contribution in [3.63, 3.8) is 0 Å². The van der Waals surface area contributed by atoms with Gasteiger partial charge in [-0.1, -0.05) is 17.7 Å². The van der Waals surface area contributed by atoms with Crippen molar-refractivity contribution in [3.8, 4) is 0 Å². The van der Waals surface area contributed by atoms with Crippen molar-refractivity contribution in [3.05, 3.63) is 39.9 Å². The summed E-state index contributed by atoms with van der Waals surface area (Å²) in [6.45, 7) is 1.77. The van der Waals surface area contributed by atoms with Crippen molar-refractivity contribution < 1.29 is 14.6 Å². The van der Waals surface area contributed by atoms with Gasteiger partial charge in [-0.3, -0.25) is 15.0 Å². The van der Waals surface area contributed by atoms with Crippen LogP contribution >= 0.6 is 0 Å². The number of rotatable bonds is 4. The third-order valence-electron chi connectivity index (χ3n) is 3.17. The van der Waals surface area contributed by atoms with Gasteiger partial charge in [0.15, 0.2) is 6.29 Å². The predicted molar refractivity (Wildman–Crippen MR) is 69.5 cm³/mol. The van der Waals surface area contributed by atoms with Crippen LogP contribution in [0, 0.1) is 17.0 Å². The number of carbonyl (C=O) groups is 1. The molecule has 1 heterocycles. The molecule has 0 N–H and O–H groups in total. The van der Waals surface area contributed by atoms with E-state index >= 15 is 0 Å². The number of hydrogen-bond donors (Lipinski definition) is 0. The molecule has 1 aromatic rings. The molecular formula is C13H16N2O4. The molecule has 1 fully saturated rings. The SMILES string of the molecule is Cc1ccc(N2O[C@@H](C=O)CC[C@@H]2C[N+](=O)[O-])cc1. The summed E-state index contributed by atoms with van der Waals surface area (Å²) in [6, 6.07) is 7.16. The average molecular weight is 264 g/mol. The molecule has 1 aliphatic rings. The van der Waals surface area contributed by atoms with E-state index in [1.165, 1.54) is 5.06 Å². The lowest BCUT2D eigenvalue weighted by molar-refractivity contribution is -0.484. The standard InChI is InChI=1S/C13H16N2O4/c1-10-2-4-11(5-3-10)15-12(8-14(17)18)6-7-13(9-16)19-15/h2-5,9,12-13H,6-8H2,1H3/t12-,13-/m1/s1. The number of hydroxylamine groups is 1. The van der Waals surface area contributed by atoms with Gasteiger partial charge in [0, 0.05) is 4.92 Å². The molecule has 1 aliphatic heterocycles. The highest BCUT2D eigenvalue weighted by Crippen LogP contribution is 2.26. The van der Waals surface area contributed by atoms with Gasteiger partial charge in [0.05, 0.1) is 5.69 Å². The van der Waals surface area contributed by atoms with E-state index in [1.54, 1.807) is 0 Å². The maximum atomic E-state index is 10.8. The highest BCUT2D eigenvalue weighted by atomic mass is 16.7. The van der Waals surface area contributed by atoms with Gasteiger partial charge >= 0.3 is 0 Å². The first-order valence-electron chi connectivity index (χ1n) is 6.20. The molecule has 1 saturated heterocycles. The number of anilines is 1. The summed E-state index contributed by atoms with van der Waals surface area (Å²) in [4.78, 5) is 26.7. The van der Waals surface area contributed by atoms with Gasteiger partial charge in [-0.15, -0.1) is 0 Å². The lowest BCUT2D eigenvalue weighted by Gasteiger charge is -2.36. The van der Waals surface area contributed by atoms with Crippen molar-refractivity contribution in [1.29, 1.82) is 0 Å². The molecule has 0 aromatic heterocycles. The Morgan fingerprint density at radius 1 is 1.42 bits per heavy atom. The zero-order valence-corrected chi connectivity index (χ0v) is 10.7. The zero-order chi connectivity index (χ0) is 13.8. The number of nitrogens with zero attached hydrogens (tertiary/aromatic N) is 2. The van der Waals surface area contributed by atoms with Crippen LogP contribution in [0.3, 0.4) is 0 Å². The monoisotopic (exact) mass is 264 g/mol. The fraction of sp³-hybridized carbons (Fsp3) is 0.462.